The maximum absolute atomic E-state index is 12.9. The van der Waals surface area contributed by atoms with Gasteiger partial charge in [0.1, 0.15) is 0 Å². The van der Waals surface area contributed by atoms with Gasteiger partial charge in [-0.05, 0) is 43.2 Å². The van der Waals surface area contributed by atoms with Gasteiger partial charge in [0, 0.05) is 38.9 Å². The Labute approximate surface area is 144 Å². The molecule has 1 aliphatic rings. The molecule has 2 aromatic rings. The van der Waals surface area contributed by atoms with Gasteiger partial charge in [-0.25, -0.2) is 8.42 Å². The number of hydrogen-bond donors (Lipinski definition) is 0. The van der Waals surface area contributed by atoms with Crippen LogP contribution in [0, 0.1) is 13.8 Å². The van der Waals surface area contributed by atoms with Crippen molar-refractivity contribution in [1.29, 1.82) is 0 Å². The third-order valence-electron chi connectivity index (χ3n) is 4.40. The highest BCUT2D eigenvalue weighted by atomic mass is 32.2. The molecule has 0 N–H and O–H groups in total. The summed E-state index contributed by atoms with van der Waals surface area (Å²) in [6, 6.07) is 11.5. The molecule has 0 radical (unpaired) electrons. The fourth-order valence-electron chi connectivity index (χ4n) is 2.97. The Kier molecular flexibility index (Phi) is 4.99. The largest absolute Gasteiger partial charge is 0.295 e. The summed E-state index contributed by atoms with van der Waals surface area (Å²) >= 11 is 0. The van der Waals surface area contributed by atoms with Crippen molar-refractivity contribution in [2.24, 2.45) is 0 Å². The first-order valence-corrected chi connectivity index (χ1v) is 9.60. The van der Waals surface area contributed by atoms with Crippen LogP contribution in [0.25, 0.3) is 0 Å². The molecule has 24 heavy (non-hydrogen) atoms. The van der Waals surface area contributed by atoms with E-state index in [1.54, 1.807) is 16.6 Å². The molecule has 0 unspecified atom stereocenters. The molecule has 2 heterocycles. The summed E-state index contributed by atoms with van der Waals surface area (Å²) in [4.78, 5) is 7.01. The second-order valence-electron chi connectivity index (χ2n) is 6.27. The second-order valence-corrected chi connectivity index (χ2v) is 8.18. The molecule has 5 nitrogen and oxygen atoms in total. The molecule has 0 saturated carbocycles. The molecule has 1 aliphatic heterocycles. The highest BCUT2D eigenvalue weighted by Crippen LogP contribution is 2.22. The molecule has 1 fully saturated rings. The average Bonchev–Trinajstić information content (AvgIpc) is 2.58. The Balaban J connectivity index is 1.68. The van der Waals surface area contributed by atoms with Crippen molar-refractivity contribution in [3.63, 3.8) is 0 Å². The molecule has 1 saturated heterocycles. The Bertz CT molecular complexity index is 798. The van der Waals surface area contributed by atoms with Gasteiger partial charge in [0.15, 0.2) is 0 Å². The Morgan fingerprint density at radius 3 is 2.46 bits per heavy atom. The van der Waals surface area contributed by atoms with Gasteiger partial charge in [0.2, 0.25) is 10.0 Å². The summed E-state index contributed by atoms with van der Waals surface area (Å²) in [7, 11) is -3.42. The zero-order chi connectivity index (χ0) is 17.2. The van der Waals surface area contributed by atoms with Crippen molar-refractivity contribution in [3.05, 3.63) is 59.4 Å². The number of hydrogen-bond acceptors (Lipinski definition) is 4. The van der Waals surface area contributed by atoms with Gasteiger partial charge in [-0.2, -0.15) is 4.31 Å². The van der Waals surface area contributed by atoms with E-state index in [-0.39, 0.29) is 0 Å². The molecule has 0 spiro atoms. The molecule has 1 aromatic heterocycles. The van der Waals surface area contributed by atoms with E-state index in [1.807, 2.05) is 44.2 Å². The minimum absolute atomic E-state index is 0.431. The third kappa shape index (κ3) is 3.66. The van der Waals surface area contributed by atoms with Crippen LogP contribution in [0.15, 0.2) is 47.5 Å². The minimum Gasteiger partial charge on any atom is -0.295 e. The van der Waals surface area contributed by atoms with Crippen LogP contribution in [0.3, 0.4) is 0 Å². The zero-order valence-electron chi connectivity index (χ0n) is 14.1. The molecule has 3 rings (SSSR count). The summed E-state index contributed by atoms with van der Waals surface area (Å²) in [5.41, 5.74) is 2.79. The number of aromatic nitrogens is 1. The van der Waals surface area contributed by atoms with Crippen molar-refractivity contribution >= 4 is 10.0 Å². The van der Waals surface area contributed by atoms with E-state index in [0.29, 0.717) is 18.0 Å². The van der Waals surface area contributed by atoms with Gasteiger partial charge in [-0.3, -0.25) is 9.88 Å². The van der Waals surface area contributed by atoms with Crippen LogP contribution >= 0.6 is 0 Å². The molecule has 0 bridgehead atoms. The average molecular weight is 345 g/mol. The predicted octanol–water partition coefficient (Wildman–Crippen LogP) is 2.20. The summed E-state index contributed by atoms with van der Waals surface area (Å²) in [6.07, 6.45) is 1.79. The maximum atomic E-state index is 12.9. The Morgan fingerprint density at radius 1 is 1.04 bits per heavy atom. The molecule has 6 heteroatoms. The first-order chi connectivity index (χ1) is 11.5. The summed E-state index contributed by atoms with van der Waals surface area (Å²) in [6.45, 7) is 7.01. The summed E-state index contributed by atoms with van der Waals surface area (Å²) < 4.78 is 27.4. The predicted molar refractivity (Wildman–Crippen MR) is 94.2 cm³/mol. The van der Waals surface area contributed by atoms with Crippen LogP contribution in [0.4, 0.5) is 0 Å². The van der Waals surface area contributed by atoms with Crippen LogP contribution in [-0.2, 0) is 16.6 Å². The van der Waals surface area contributed by atoms with Gasteiger partial charge >= 0.3 is 0 Å². The van der Waals surface area contributed by atoms with Crippen molar-refractivity contribution in [2.45, 2.75) is 25.3 Å². The quantitative estimate of drug-likeness (QED) is 0.852. The van der Waals surface area contributed by atoms with Crippen molar-refractivity contribution in [2.75, 3.05) is 26.2 Å². The number of piperazine rings is 1. The number of nitrogens with zero attached hydrogens (tertiary/aromatic N) is 3. The Morgan fingerprint density at radius 2 is 1.79 bits per heavy atom. The number of pyridine rings is 1. The molecule has 0 aliphatic carbocycles. The highest BCUT2D eigenvalue weighted by Gasteiger charge is 2.29. The highest BCUT2D eigenvalue weighted by molar-refractivity contribution is 7.89. The normalized spacial score (nSPS) is 17.1. The SMILES string of the molecule is Cc1ccc(C)c(S(=O)(=O)N2CCN(Cc3ccccn3)CC2)c1. The summed E-state index contributed by atoms with van der Waals surface area (Å²) in [5.74, 6) is 0. The van der Waals surface area contributed by atoms with Crippen LogP contribution < -0.4 is 0 Å². The van der Waals surface area contributed by atoms with Gasteiger partial charge < -0.3 is 0 Å². The standard InChI is InChI=1S/C18H23N3O2S/c1-15-6-7-16(2)18(13-15)24(22,23)21-11-9-20(10-12-21)14-17-5-3-4-8-19-17/h3-8,13H,9-12,14H2,1-2H3. The van der Waals surface area contributed by atoms with Gasteiger partial charge in [-0.15, -0.1) is 0 Å². The molecule has 0 amide bonds. The van der Waals surface area contributed by atoms with Crippen LogP contribution in [-0.4, -0.2) is 48.8 Å². The Hall–Kier alpha value is -1.76. The fourth-order valence-corrected chi connectivity index (χ4v) is 4.70. The number of benzene rings is 1. The molecule has 1 aromatic carbocycles. The van der Waals surface area contributed by atoms with E-state index in [4.69, 9.17) is 0 Å². The molecule has 0 atom stereocenters. The first kappa shape index (κ1) is 17.1. The number of sulfonamides is 1. The van der Waals surface area contributed by atoms with Gasteiger partial charge in [-0.1, -0.05) is 18.2 Å². The zero-order valence-corrected chi connectivity index (χ0v) is 15.0. The molecule has 128 valence electrons. The van der Waals surface area contributed by atoms with Crippen LogP contribution in [0.2, 0.25) is 0 Å². The number of rotatable bonds is 4. The fraction of sp³-hybridized carbons (Fsp3) is 0.389. The summed E-state index contributed by atoms with van der Waals surface area (Å²) in [5, 5.41) is 0. The number of aryl methyl sites for hydroxylation is 2. The lowest BCUT2D eigenvalue weighted by Crippen LogP contribution is -2.48. The molecular formula is C18H23N3O2S. The van der Waals surface area contributed by atoms with E-state index in [0.717, 1.165) is 36.5 Å². The van der Waals surface area contributed by atoms with Crippen LogP contribution in [0.5, 0.6) is 0 Å². The maximum Gasteiger partial charge on any atom is 0.243 e. The lowest BCUT2D eigenvalue weighted by Gasteiger charge is -2.34. The second kappa shape index (κ2) is 7.01. The first-order valence-electron chi connectivity index (χ1n) is 8.16. The molecular weight excluding hydrogens is 322 g/mol. The lowest BCUT2D eigenvalue weighted by atomic mass is 10.2. The lowest BCUT2D eigenvalue weighted by molar-refractivity contribution is 0.180. The van der Waals surface area contributed by atoms with Gasteiger partial charge in [0.05, 0.1) is 10.6 Å². The van der Waals surface area contributed by atoms with E-state index < -0.39 is 10.0 Å². The topological polar surface area (TPSA) is 53.5 Å². The van der Waals surface area contributed by atoms with E-state index >= 15 is 0 Å². The van der Waals surface area contributed by atoms with E-state index in [2.05, 4.69) is 9.88 Å². The van der Waals surface area contributed by atoms with Gasteiger partial charge in [0.25, 0.3) is 0 Å². The smallest absolute Gasteiger partial charge is 0.243 e. The monoisotopic (exact) mass is 345 g/mol. The third-order valence-corrected chi connectivity index (χ3v) is 6.45. The van der Waals surface area contributed by atoms with Crippen LogP contribution in [0.1, 0.15) is 16.8 Å². The van der Waals surface area contributed by atoms with Crippen molar-refractivity contribution < 1.29 is 8.42 Å². The van der Waals surface area contributed by atoms with Crippen molar-refractivity contribution in [1.82, 2.24) is 14.2 Å². The van der Waals surface area contributed by atoms with Crippen molar-refractivity contribution in [3.8, 4) is 0 Å². The minimum atomic E-state index is -3.42. The van der Waals surface area contributed by atoms with E-state index in [1.165, 1.54) is 0 Å². The van der Waals surface area contributed by atoms with E-state index in [9.17, 15) is 8.42 Å².